The monoisotopic (exact) mass is 302 g/mol. The molecule has 3 atom stereocenters. The first-order valence-corrected chi connectivity index (χ1v) is 14.8. The minimum absolute atomic E-state index is 0.361. The molecule has 1 aliphatic carbocycles. The molecule has 1 rings (SSSR count). The van der Waals surface area contributed by atoms with Crippen LogP contribution in [-0.4, -0.2) is 28.8 Å². The van der Waals surface area contributed by atoms with Crippen molar-refractivity contribution in [2.24, 2.45) is 5.92 Å². The van der Waals surface area contributed by atoms with Crippen LogP contribution in [0.5, 0.6) is 0 Å². The average Bonchev–Trinajstić information content (AvgIpc) is 2.54. The molecule has 0 aromatic heterocycles. The van der Waals surface area contributed by atoms with Crippen molar-refractivity contribution in [1.82, 2.24) is 0 Å². The molecule has 0 heterocycles. The normalized spacial score (nSPS) is 28.9. The van der Waals surface area contributed by atoms with Crippen LogP contribution in [-0.2, 0) is 8.85 Å². The number of unbranched alkanes of at least 4 members (excludes halogenated alkanes) is 1. The molecule has 0 saturated heterocycles. The van der Waals surface area contributed by atoms with Crippen molar-refractivity contribution >= 4 is 16.6 Å². The third-order valence-electron chi connectivity index (χ3n) is 3.58. The van der Waals surface area contributed by atoms with Gasteiger partial charge in [0.1, 0.15) is 0 Å². The summed E-state index contributed by atoms with van der Waals surface area (Å²) in [5.41, 5.74) is 0. The lowest BCUT2D eigenvalue weighted by molar-refractivity contribution is 0.0415. The maximum atomic E-state index is 6.50. The van der Waals surface area contributed by atoms with Gasteiger partial charge in [-0.1, -0.05) is 19.8 Å². The molecule has 1 fully saturated rings. The lowest BCUT2D eigenvalue weighted by Gasteiger charge is -2.34. The fourth-order valence-electron chi connectivity index (χ4n) is 2.95. The van der Waals surface area contributed by atoms with E-state index in [0.29, 0.717) is 12.2 Å². The maximum Gasteiger partial charge on any atom is 0.184 e. The first kappa shape index (κ1) is 17.4. The summed E-state index contributed by atoms with van der Waals surface area (Å²) in [4.78, 5) is 0. The highest BCUT2D eigenvalue weighted by molar-refractivity contribution is 6.70. The number of hydrogen-bond donors (Lipinski definition) is 0. The van der Waals surface area contributed by atoms with Gasteiger partial charge in [-0.05, 0) is 64.5 Å². The Hall–Kier alpha value is 0.354. The van der Waals surface area contributed by atoms with Crippen molar-refractivity contribution < 1.29 is 8.85 Å². The van der Waals surface area contributed by atoms with Crippen LogP contribution in [0.1, 0.15) is 39.0 Å². The van der Waals surface area contributed by atoms with Gasteiger partial charge in [0.25, 0.3) is 0 Å². The first-order chi connectivity index (χ1) is 8.62. The highest BCUT2D eigenvalue weighted by Crippen LogP contribution is 2.37. The second-order valence-electron chi connectivity index (χ2n) is 7.94. The van der Waals surface area contributed by atoms with E-state index in [0.717, 1.165) is 5.92 Å². The van der Waals surface area contributed by atoms with Crippen molar-refractivity contribution in [1.29, 1.82) is 0 Å². The Morgan fingerprint density at radius 3 is 1.95 bits per heavy atom. The Morgan fingerprint density at radius 1 is 0.895 bits per heavy atom. The molecule has 1 saturated carbocycles. The molecule has 3 unspecified atom stereocenters. The minimum atomic E-state index is -1.48. The standard InChI is InChI=1S/C15H34O2Si2/c1-8-9-10-13-11-12-14(16-18(2,3)4)15(13)17-19(5,6)7/h13-15H,8-12H2,1-7H3. The van der Waals surface area contributed by atoms with Gasteiger partial charge in [0.15, 0.2) is 16.6 Å². The highest BCUT2D eigenvalue weighted by atomic mass is 28.4. The maximum absolute atomic E-state index is 6.50. The van der Waals surface area contributed by atoms with Crippen LogP contribution in [0.25, 0.3) is 0 Å². The van der Waals surface area contributed by atoms with Crippen molar-refractivity contribution in [3.8, 4) is 0 Å². The third kappa shape index (κ3) is 6.56. The quantitative estimate of drug-likeness (QED) is 0.614. The molecule has 19 heavy (non-hydrogen) atoms. The van der Waals surface area contributed by atoms with Crippen LogP contribution in [0, 0.1) is 5.92 Å². The largest absolute Gasteiger partial charge is 0.412 e. The van der Waals surface area contributed by atoms with Gasteiger partial charge in [-0.15, -0.1) is 0 Å². The summed E-state index contributed by atoms with van der Waals surface area (Å²) < 4.78 is 12.9. The Kier molecular flexibility index (Phi) is 6.30. The molecule has 0 bridgehead atoms. The summed E-state index contributed by atoms with van der Waals surface area (Å²) in [6.07, 6.45) is 7.16. The molecule has 114 valence electrons. The zero-order valence-electron chi connectivity index (χ0n) is 14.1. The summed E-state index contributed by atoms with van der Waals surface area (Å²) in [6, 6.07) is 0. The Morgan fingerprint density at radius 2 is 1.47 bits per heavy atom. The summed E-state index contributed by atoms with van der Waals surface area (Å²) in [7, 11) is -2.95. The van der Waals surface area contributed by atoms with E-state index in [9.17, 15) is 0 Å². The van der Waals surface area contributed by atoms with Crippen LogP contribution in [0.15, 0.2) is 0 Å². The van der Waals surface area contributed by atoms with Gasteiger partial charge in [-0.25, -0.2) is 0 Å². The van der Waals surface area contributed by atoms with Crippen LogP contribution < -0.4 is 0 Å². The van der Waals surface area contributed by atoms with Gasteiger partial charge in [0.05, 0.1) is 12.2 Å². The average molecular weight is 303 g/mol. The van der Waals surface area contributed by atoms with E-state index in [2.05, 4.69) is 46.2 Å². The third-order valence-corrected chi connectivity index (χ3v) is 5.57. The Balaban J connectivity index is 2.69. The zero-order chi connectivity index (χ0) is 14.7. The molecule has 0 aliphatic heterocycles. The van der Waals surface area contributed by atoms with Gasteiger partial charge < -0.3 is 8.85 Å². The summed E-state index contributed by atoms with van der Waals surface area (Å²) in [5.74, 6) is 0.730. The van der Waals surface area contributed by atoms with Crippen molar-refractivity contribution in [3.63, 3.8) is 0 Å². The van der Waals surface area contributed by atoms with E-state index in [1.54, 1.807) is 0 Å². The van der Waals surface area contributed by atoms with Crippen LogP contribution in [0.4, 0.5) is 0 Å². The highest BCUT2D eigenvalue weighted by Gasteiger charge is 2.41. The smallest absolute Gasteiger partial charge is 0.184 e. The van der Waals surface area contributed by atoms with Crippen LogP contribution >= 0.6 is 0 Å². The van der Waals surface area contributed by atoms with E-state index in [1.807, 2.05) is 0 Å². The molecule has 0 amide bonds. The summed E-state index contributed by atoms with van der Waals surface area (Å²) in [5, 5.41) is 0. The second-order valence-corrected chi connectivity index (χ2v) is 16.9. The SMILES string of the molecule is CCCCC1CCC(O[Si](C)(C)C)C1O[Si](C)(C)C. The molecule has 2 nitrogen and oxygen atoms in total. The Labute approximate surface area is 122 Å². The topological polar surface area (TPSA) is 18.5 Å². The molecule has 0 N–H and O–H groups in total. The van der Waals surface area contributed by atoms with Crippen LogP contribution in [0.3, 0.4) is 0 Å². The zero-order valence-corrected chi connectivity index (χ0v) is 16.1. The van der Waals surface area contributed by atoms with Gasteiger partial charge in [0.2, 0.25) is 0 Å². The summed E-state index contributed by atoms with van der Waals surface area (Å²) in [6.45, 7) is 16.0. The van der Waals surface area contributed by atoms with E-state index < -0.39 is 16.6 Å². The fraction of sp³-hybridized carbons (Fsp3) is 1.00. The van der Waals surface area contributed by atoms with Crippen molar-refractivity contribution in [2.75, 3.05) is 0 Å². The lowest BCUT2D eigenvalue weighted by Crippen LogP contribution is -2.44. The lowest BCUT2D eigenvalue weighted by atomic mass is 9.98. The van der Waals surface area contributed by atoms with E-state index in [-0.39, 0.29) is 0 Å². The molecular formula is C15H34O2Si2. The fourth-order valence-corrected chi connectivity index (χ4v) is 5.27. The van der Waals surface area contributed by atoms with E-state index in [1.165, 1.54) is 32.1 Å². The molecule has 0 aromatic rings. The van der Waals surface area contributed by atoms with Crippen molar-refractivity contribution in [2.45, 2.75) is 90.5 Å². The van der Waals surface area contributed by atoms with Crippen molar-refractivity contribution in [3.05, 3.63) is 0 Å². The molecule has 0 radical (unpaired) electrons. The van der Waals surface area contributed by atoms with E-state index in [4.69, 9.17) is 8.85 Å². The predicted octanol–water partition coefficient (Wildman–Crippen LogP) is 5.03. The van der Waals surface area contributed by atoms with E-state index >= 15 is 0 Å². The predicted molar refractivity (Wildman–Crippen MR) is 88.7 cm³/mol. The Bertz CT molecular complexity index is 268. The number of hydrogen-bond acceptors (Lipinski definition) is 2. The van der Waals surface area contributed by atoms with Gasteiger partial charge in [-0.3, -0.25) is 0 Å². The van der Waals surface area contributed by atoms with Gasteiger partial charge >= 0.3 is 0 Å². The molecular weight excluding hydrogens is 268 g/mol. The first-order valence-electron chi connectivity index (χ1n) is 7.98. The molecule has 1 aliphatic rings. The van der Waals surface area contributed by atoms with Gasteiger partial charge in [-0.2, -0.15) is 0 Å². The second kappa shape index (κ2) is 6.88. The number of rotatable bonds is 7. The molecule has 0 aromatic carbocycles. The summed E-state index contributed by atoms with van der Waals surface area (Å²) >= 11 is 0. The van der Waals surface area contributed by atoms with Gasteiger partial charge in [0, 0.05) is 0 Å². The molecule has 0 spiro atoms. The van der Waals surface area contributed by atoms with Crippen LogP contribution in [0.2, 0.25) is 39.3 Å². The molecule has 4 heteroatoms. The minimum Gasteiger partial charge on any atom is -0.412 e.